The van der Waals surface area contributed by atoms with E-state index in [1.165, 1.54) is 43.5 Å². The Morgan fingerprint density at radius 2 is 1.60 bits per heavy atom. The van der Waals surface area contributed by atoms with Crippen molar-refractivity contribution < 1.29 is 36.8 Å². The number of hydrogen-bond acceptors (Lipinski definition) is 10. The lowest BCUT2D eigenvalue weighted by Gasteiger charge is -2.29. The first kappa shape index (κ1) is 32.7. The van der Waals surface area contributed by atoms with Crippen molar-refractivity contribution in [3.05, 3.63) is 77.0 Å². The largest absolute Gasteiger partial charge is 0.481 e. The normalized spacial score (nSPS) is 12.1. The quantitative estimate of drug-likeness (QED) is 0.128. The van der Waals surface area contributed by atoms with Crippen LogP contribution in [0.2, 0.25) is 0 Å². The van der Waals surface area contributed by atoms with E-state index in [4.69, 9.17) is 15.9 Å². The van der Waals surface area contributed by atoms with Crippen LogP contribution in [-0.2, 0) is 14.3 Å². The smallest absolute Gasteiger partial charge is 0.354 e. The molecule has 0 radical (unpaired) electrons. The van der Waals surface area contributed by atoms with Crippen molar-refractivity contribution >= 4 is 39.4 Å². The minimum absolute atomic E-state index is 0.0232. The molecule has 3 aromatic rings. The van der Waals surface area contributed by atoms with Gasteiger partial charge in [-0.2, -0.15) is 8.42 Å². The second kappa shape index (κ2) is 13.0. The van der Waals surface area contributed by atoms with E-state index < -0.39 is 39.4 Å². The van der Waals surface area contributed by atoms with Gasteiger partial charge in [-0.3, -0.25) is 15.0 Å². The molecule has 1 atom stereocenters. The maximum Gasteiger partial charge on any atom is 0.354 e. The monoisotopic (exact) mass is 611 g/mol. The number of nitrogens with one attached hydrogen (secondary N) is 3. The third kappa shape index (κ3) is 8.36. The minimum Gasteiger partial charge on any atom is -0.481 e. The Hall–Kier alpha value is -4.82. The van der Waals surface area contributed by atoms with Crippen molar-refractivity contribution in [2.24, 2.45) is 11.1 Å². The molecule has 0 unspecified atom stereocenters. The van der Waals surface area contributed by atoms with Crippen LogP contribution >= 0.6 is 0 Å². The summed E-state index contributed by atoms with van der Waals surface area (Å²) >= 11 is 0. The van der Waals surface area contributed by atoms with E-state index in [9.17, 15) is 27.9 Å². The number of nitrogens with two attached hydrogens (primary N) is 1. The summed E-state index contributed by atoms with van der Waals surface area (Å²) in [6, 6.07) is 12.3. The molecule has 1 aromatic heterocycles. The van der Waals surface area contributed by atoms with Gasteiger partial charge in [0.2, 0.25) is 5.88 Å². The highest BCUT2D eigenvalue weighted by atomic mass is 32.2. The highest BCUT2D eigenvalue weighted by Crippen LogP contribution is 2.31. The number of benzene rings is 2. The minimum atomic E-state index is -4.26. The van der Waals surface area contributed by atoms with E-state index >= 15 is 0 Å². The van der Waals surface area contributed by atoms with E-state index in [-0.39, 0.29) is 46.3 Å². The molecule has 2 aromatic carbocycles. The Labute approximate surface area is 249 Å². The first-order valence-corrected chi connectivity index (χ1v) is 14.7. The number of aromatic nitrogens is 1. The van der Waals surface area contributed by atoms with E-state index in [1.807, 2.05) is 20.8 Å². The molecule has 0 aliphatic rings. The van der Waals surface area contributed by atoms with Gasteiger partial charge in [-0.1, -0.05) is 26.8 Å². The number of ether oxygens (including phenoxy) is 1. The van der Waals surface area contributed by atoms with Crippen molar-refractivity contribution in [1.82, 2.24) is 10.3 Å². The van der Waals surface area contributed by atoms with Crippen molar-refractivity contribution in [2.75, 3.05) is 25.3 Å². The van der Waals surface area contributed by atoms with Crippen molar-refractivity contribution in [3.8, 4) is 17.0 Å². The molecule has 43 heavy (non-hydrogen) atoms. The number of hydrogen-bond donors (Lipinski definition) is 5. The molecule has 14 heteroatoms. The number of carbonyl (C=O) groups excluding carboxylic acids is 3. The number of rotatable bonds is 10. The molecule has 3 rings (SSSR count). The molecule has 6 N–H and O–H groups in total. The summed E-state index contributed by atoms with van der Waals surface area (Å²) in [4.78, 5) is 43.9. The fourth-order valence-corrected chi connectivity index (χ4v) is 4.28. The summed E-state index contributed by atoms with van der Waals surface area (Å²) in [5.74, 6) is -2.69. The Bertz CT molecular complexity index is 1670. The summed E-state index contributed by atoms with van der Waals surface area (Å²) in [7, 11) is -2.90. The van der Waals surface area contributed by atoms with Gasteiger partial charge in [0.15, 0.2) is 0 Å². The van der Waals surface area contributed by atoms with Crippen LogP contribution < -0.4 is 21.1 Å². The molecule has 13 nitrogen and oxygen atoms in total. The topological polar surface area (TPSA) is 211 Å². The van der Waals surface area contributed by atoms with Crippen LogP contribution in [0.5, 0.6) is 5.88 Å². The zero-order valence-corrected chi connectivity index (χ0v) is 25.0. The average molecular weight is 612 g/mol. The maximum absolute atomic E-state index is 13.4. The second-order valence-corrected chi connectivity index (χ2v) is 12.2. The van der Waals surface area contributed by atoms with Gasteiger partial charge in [-0.25, -0.2) is 9.78 Å². The summed E-state index contributed by atoms with van der Waals surface area (Å²) < 4.78 is 33.5. The number of aliphatic hydroxyl groups excluding tert-OH is 1. The Kier molecular flexibility index (Phi) is 9.89. The summed E-state index contributed by atoms with van der Waals surface area (Å²) in [5.41, 5.74) is 5.41. The third-order valence-corrected chi connectivity index (χ3v) is 6.75. The van der Waals surface area contributed by atoms with Crippen LogP contribution in [0.3, 0.4) is 0 Å². The molecule has 0 fully saturated rings. The molecular formula is C29H33N5O8S. The van der Waals surface area contributed by atoms with Gasteiger partial charge < -0.3 is 30.4 Å². The van der Waals surface area contributed by atoms with Crippen LogP contribution in [0.15, 0.2) is 54.6 Å². The number of amides is 2. The molecule has 2 amide bonds. The number of anilines is 1. The predicted octanol–water partition coefficient (Wildman–Crippen LogP) is 2.55. The summed E-state index contributed by atoms with van der Waals surface area (Å²) in [6.45, 7) is 5.14. The lowest BCUT2D eigenvalue weighted by Crippen LogP contribution is -2.46. The van der Waals surface area contributed by atoms with Gasteiger partial charge >= 0.3 is 16.1 Å². The molecule has 0 aliphatic carbocycles. The van der Waals surface area contributed by atoms with Crippen LogP contribution in [-0.4, -0.2) is 68.1 Å². The van der Waals surface area contributed by atoms with Crippen molar-refractivity contribution in [1.29, 1.82) is 5.41 Å². The van der Waals surface area contributed by atoms with Gasteiger partial charge in [0.25, 0.3) is 11.8 Å². The van der Waals surface area contributed by atoms with E-state index in [0.717, 1.165) is 6.07 Å². The van der Waals surface area contributed by atoms with Gasteiger partial charge in [-0.05, 0) is 53.4 Å². The second-order valence-electron chi connectivity index (χ2n) is 10.6. The van der Waals surface area contributed by atoms with E-state index in [2.05, 4.69) is 19.8 Å². The zero-order chi connectivity index (χ0) is 32.1. The van der Waals surface area contributed by atoms with E-state index in [1.54, 1.807) is 12.1 Å². The highest BCUT2D eigenvalue weighted by Gasteiger charge is 2.28. The van der Waals surface area contributed by atoms with Crippen LogP contribution in [0, 0.1) is 10.8 Å². The van der Waals surface area contributed by atoms with Gasteiger partial charge in [-0.15, -0.1) is 0 Å². The number of aliphatic hydroxyl groups is 1. The first-order valence-electron chi connectivity index (χ1n) is 12.8. The number of pyridine rings is 1. The van der Waals surface area contributed by atoms with Gasteiger partial charge in [0.05, 0.1) is 31.6 Å². The highest BCUT2D eigenvalue weighted by molar-refractivity contribution is 7.86. The molecule has 1 heterocycles. The Morgan fingerprint density at radius 1 is 1.00 bits per heavy atom. The molecule has 0 spiro atoms. The molecule has 0 saturated carbocycles. The lowest BCUT2D eigenvalue weighted by atomic mass is 9.87. The molecule has 228 valence electrons. The SMILES string of the molecule is COc1ccc(-c2ccc(C(=O)N[C@H](CO)C(C)(C)C)cc2C(=O)OS(C)(=O)=O)c(C(=O)Nc2ccc(C(=N)N)cc2)n1. The number of amidine groups is 1. The Morgan fingerprint density at radius 3 is 2.14 bits per heavy atom. The molecular weight excluding hydrogens is 578 g/mol. The van der Waals surface area contributed by atoms with Crippen LogP contribution in [0.1, 0.15) is 57.5 Å². The van der Waals surface area contributed by atoms with E-state index in [0.29, 0.717) is 17.5 Å². The number of carbonyl (C=O) groups is 3. The first-order chi connectivity index (χ1) is 20.0. The lowest BCUT2D eigenvalue weighted by molar-refractivity contribution is 0.0748. The summed E-state index contributed by atoms with van der Waals surface area (Å²) in [5, 5.41) is 22.7. The number of nitrogens with zero attached hydrogens (tertiary/aromatic N) is 1. The van der Waals surface area contributed by atoms with Gasteiger partial charge in [0, 0.05) is 28.4 Å². The fourth-order valence-electron chi connectivity index (χ4n) is 3.92. The van der Waals surface area contributed by atoms with Crippen molar-refractivity contribution in [2.45, 2.75) is 26.8 Å². The number of methoxy groups -OCH3 is 1. The average Bonchev–Trinajstić information content (AvgIpc) is 2.93. The molecule has 0 aliphatic heterocycles. The van der Waals surface area contributed by atoms with Crippen molar-refractivity contribution in [3.63, 3.8) is 0 Å². The summed E-state index contributed by atoms with van der Waals surface area (Å²) in [6.07, 6.45) is 0.696. The fraction of sp³-hybridized carbons (Fsp3) is 0.276. The van der Waals surface area contributed by atoms with Crippen LogP contribution in [0.4, 0.5) is 5.69 Å². The molecule has 0 saturated heterocycles. The third-order valence-electron chi connectivity index (χ3n) is 6.30. The number of nitrogen functional groups attached to an aromatic ring is 1. The zero-order valence-electron chi connectivity index (χ0n) is 24.2. The van der Waals surface area contributed by atoms with Crippen LogP contribution in [0.25, 0.3) is 11.1 Å². The standard InChI is InChI=1S/C29H33N5O8S/c1-29(2,3)22(15-35)33-26(36)17-8-11-19(21(14-17)28(38)42-43(5,39)40)20-12-13-23(41-4)34-24(20)27(37)32-18-9-6-16(7-10-18)25(30)31/h6-14,22,35H,15H2,1-5H3,(H3,30,31)(H,32,37)(H,33,36)/t22-/m1/s1. The molecule has 0 bridgehead atoms. The predicted molar refractivity (Wildman–Crippen MR) is 160 cm³/mol. The maximum atomic E-state index is 13.4. The Balaban J connectivity index is 2.13. The van der Waals surface area contributed by atoms with Gasteiger partial charge in [0.1, 0.15) is 11.5 Å².